The number of nitrogens with zero attached hydrogens (tertiary/aromatic N) is 4. The minimum atomic E-state index is -0.335. The number of hydrogen-bond acceptors (Lipinski definition) is 5. The lowest BCUT2D eigenvalue weighted by Crippen LogP contribution is -2.30. The highest BCUT2D eigenvalue weighted by molar-refractivity contribution is 5.91. The van der Waals surface area contributed by atoms with Gasteiger partial charge in [-0.1, -0.05) is 145 Å². The molecule has 1 N–H and O–H groups in total. The highest BCUT2D eigenvalue weighted by atomic mass is 16.5. The first kappa shape index (κ1) is 39.3. The van der Waals surface area contributed by atoms with Gasteiger partial charge in [-0.25, -0.2) is 4.98 Å². The predicted octanol–water partition coefficient (Wildman–Crippen LogP) is 15.4. The number of anilines is 7. The highest BCUT2D eigenvalue weighted by Crippen LogP contribution is 2.53. The lowest BCUT2D eigenvalue weighted by Gasteiger charge is -2.42. The summed E-state index contributed by atoms with van der Waals surface area (Å²) >= 11 is 0. The number of imidazole rings is 1. The van der Waals surface area contributed by atoms with Gasteiger partial charge in [-0.2, -0.15) is 0 Å². The van der Waals surface area contributed by atoms with Crippen LogP contribution in [-0.2, 0) is 10.8 Å². The van der Waals surface area contributed by atoms with Crippen molar-refractivity contribution in [3.05, 3.63) is 216 Å². The molecule has 4 heterocycles. The largest absolute Gasteiger partial charge is 0.464 e. The fourth-order valence-electron chi connectivity index (χ4n) is 10.2. The highest BCUT2D eigenvalue weighted by Gasteiger charge is 2.38. The first-order chi connectivity index (χ1) is 31.3. The first-order valence-corrected chi connectivity index (χ1v) is 22.5. The predicted molar refractivity (Wildman–Crippen MR) is 265 cm³/mol. The van der Waals surface area contributed by atoms with Gasteiger partial charge in [0.1, 0.15) is 11.6 Å². The van der Waals surface area contributed by atoms with Crippen LogP contribution in [0, 0.1) is 0 Å². The quantitative estimate of drug-likeness (QED) is 0.187. The molecule has 6 heteroatoms. The Labute approximate surface area is 376 Å². The van der Waals surface area contributed by atoms with Crippen molar-refractivity contribution in [3.63, 3.8) is 0 Å². The third kappa shape index (κ3) is 6.04. The average Bonchev–Trinajstić information content (AvgIpc) is 3.93. The SMILES string of the molecule is CC.CC1(C)c2ccccc2N(c2ccc(-c3nc4cc5c(cc4n3-c3ccccc3)NC(c3ccc(N4c6ccccc6C(C)(C)c6ccccc64)cc3)O5)cc2)c2ccccc21. The maximum absolute atomic E-state index is 6.66. The standard InChI is InChI=1S/C56H45N5O.C2H6/c1-55(2)41-18-8-12-22-47(41)59(48-23-13-9-19-42(48)55)39-30-26-36(27-31-39)53-57-45-35-52-46(34-51(45)61(53)38-16-6-5-7-17-38)58-54(62-52)37-28-32-40(33-29-37)60-49-24-14-10-20-43(49)56(3,4)44-21-11-15-25-50(44)60;1-2/h5-35,54,58H,1-4H3;1-2H3. The Morgan fingerprint density at radius 3 is 1.41 bits per heavy atom. The zero-order valence-electron chi connectivity index (χ0n) is 37.2. The van der Waals surface area contributed by atoms with Crippen LogP contribution in [0.1, 0.15) is 75.6 Å². The molecular formula is C58H51N5O. The molecule has 0 amide bonds. The topological polar surface area (TPSA) is 45.6 Å². The van der Waals surface area contributed by atoms with E-state index in [4.69, 9.17) is 9.72 Å². The van der Waals surface area contributed by atoms with E-state index >= 15 is 0 Å². The molecule has 0 aliphatic carbocycles. The molecule has 1 aromatic heterocycles. The third-order valence-electron chi connectivity index (χ3n) is 13.4. The van der Waals surface area contributed by atoms with Crippen LogP contribution in [0.5, 0.6) is 5.75 Å². The Hall–Kier alpha value is -7.57. The van der Waals surface area contributed by atoms with E-state index in [0.29, 0.717) is 0 Å². The second kappa shape index (κ2) is 15.1. The number of rotatable bonds is 5. The van der Waals surface area contributed by atoms with Crippen LogP contribution in [0.2, 0.25) is 0 Å². The van der Waals surface area contributed by atoms with E-state index in [1.165, 1.54) is 45.0 Å². The van der Waals surface area contributed by atoms with E-state index in [9.17, 15) is 0 Å². The molecule has 0 saturated heterocycles. The Kier molecular flexibility index (Phi) is 9.24. The van der Waals surface area contributed by atoms with Crippen LogP contribution in [0.4, 0.5) is 39.8 Å². The van der Waals surface area contributed by atoms with Crippen molar-refractivity contribution >= 4 is 50.8 Å². The molecule has 0 spiro atoms. The van der Waals surface area contributed by atoms with E-state index < -0.39 is 0 Å². The summed E-state index contributed by atoms with van der Waals surface area (Å²) in [5.41, 5.74) is 18.1. The monoisotopic (exact) mass is 833 g/mol. The smallest absolute Gasteiger partial charge is 0.196 e. The van der Waals surface area contributed by atoms with Crippen molar-refractivity contribution in [2.24, 2.45) is 0 Å². The van der Waals surface area contributed by atoms with E-state index in [1.807, 2.05) is 13.8 Å². The molecule has 8 aromatic carbocycles. The van der Waals surface area contributed by atoms with Gasteiger partial charge >= 0.3 is 0 Å². The van der Waals surface area contributed by atoms with Gasteiger partial charge in [-0.15, -0.1) is 0 Å². The van der Waals surface area contributed by atoms with Crippen molar-refractivity contribution in [1.82, 2.24) is 9.55 Å². The van der Waals surface area contributed by atoms with Crippen molar-refractivity contribution in [2.45, 2.75) is 58.6 Å². The van der Waals surface area contributed by atoms with Crippen molar-refractivity contribution in [1.29, 1.82) is 0 Å². The van der Waals surface area contributed by atoms with Crippen LogP contribution in [0.3, 0.4) is 0 Å². The minimum Gasteiger partial charge on any atom is -0.464 e. The van der Waals surface area contributed by atoms with Crippen LogP contribution in [0.25, 0.3) is 28.1 Å². The summed E-state index contributed by atoms with van der Waals surface area (Å²) in [7, 11) is 0. The fourth-order valence-corrected chi connectivity index (χ4v) is 10.2. The number of nitrogens with one attached hydrogen (secondary N) is 1. The summed E-state index contributed by atoms with van der Waals surface area (Å²) in [5.74, 6) is 1.66. The van der Waals surface area contributed by atoms with E-state index in [2.05, 4.69) is 235 Å². The zero-order chi connectivity index (χ0) is 43.7. The Bertz CT molecular complexity index is 3100. The van der Waals surface area contributed by atoms with Gasteiger partial charge in [0, 0.05) is 45.1 Å². The number of hydrogen-bond donors (Lipinski definition) is 1. The van der Waals surface area contributed by atoms with Gasteiger partial charge < -0.3 is 19.9 Å². The fraction of sp³-hybridized carbons (Fsp3) is 0.155. The first-order valence-electron chi connectivity index (χ1n) is 22.5. The molecule has 1 atom stereocenters. The molecule has 9 aromatic rings. The molecule has 314 valence electrons. The summed E-state index contributed by atoms with van der Waals surface area (Å²) in [4.78, 5) is 10.1. The van der Waals surface area contributed by atoms with Gasteiger partial charge in [-0.05, 0) is 101 Å². The maximum Gasteiger partial charge on any atom is 0.196 e. The Morgan fingerprint density at radius 1 is 0.484 bits per heavy atom. The molecule has 0 radical (unpaired) electrons. The van der Waals surface area contributed by atoms with Gasteiger partial charge in [0.25, 0.3) is 0 Å². The van der Waals surface area contributed by atoms with Gasteiger partial charge in [0.2, 0.25) is 0 Å². The molecule has 1 unspecified atom stereocenters. The molecule has 3 aliphatic rings. The normalized spacial score (nSPS) is 15.9. The Morgan fingerprint density at radius 2 is 0.922 bits per heavy atom. The van der Waals surface area contributed by atoms with Crippen molar-refractivity contribution in [2.75, 3.05) is 15.1 Å². The molecule has 12 rings (SSSR count). The summed E-state index contributed by atoms with van der Waals surface area (Å²) < 4.78 is 8.92. The van der Waals surface area contributed by atoms with Gasteiger partial charge in [-0.3, -0.25) is 4.57 Å². The lowest BCUT2D eigenvalue weighted by molar-refractivity contribution is 0.260. The molecule has 3 aliphatic heterocycles. The van der Waals surface area contributed by atoms with E-state index in [1.54, 1.807) is 0 Å². The van der Waals surface area contributed by atoms with Gasteiger partial charge in [0.05, 0.1) is 39.5 Å². The summed E-state index contributed by atoms with van der Waals surface area (Å²) in [5, 5.41) is 3.70. The molecule has 0 saturated carbocycles. The van der Waals surface area contributed by atoms with E-state index in [-0.39, 0.29) is 17.1 Å². The summed E-state index contributed by atoms with van der Waals surface area (Å²) in [6.45, 7) is 13.3. The van der Waals surface area contributed by atoms with Crippen molar-refractivity contribution in [3.8, 4) is 22.8 Å². The number of para-hydroxylation sites is 5. The zero-order valence-corrected chi connectivity index (χ0v) is 37.2. The van der Waals surface area contributed by atoms with Gasteiger partial charge in [0.15, 0.2) is 6.23 Å². The lowest BCUT2D eigenvalue weighted by atomic mass is 9.73. The molecule has 0 bridgehead atoms. The number of ether oxygens (including phenoxy) is 1. The third-order valence-corrected chi connectivity index (χ3v) is 13.4. The second-order valence-corrected chi connectivity index (χ2v) is 17.7. The maximum atomic E-state index is 6.66. The molecule has 0 fully saturated rings. The number of benzene rings is 8. The minimum absolute atomic E-state index is 0.103. The number of aromatic nitrogens is 2. The molecule has 6 nitrogen and oxygen atoms in total. The van der Waals surface area contributed by atoms with Crippen LogP contribution >= 0.6 is 0 Å². The Balaban J connectivity index is 0.00000225. The van der Waals surface area contributed by atoms with Crippen LogP contribution in [0.15, 0.2) is 188 Å². The van der Waals surface area contributed by atoms with Crippen LogP contribution in [-0.4, -0.2) is 9.55 Å². The summed E-state index contributed by atoms with van der Waals surface area (Å²) in [6.07, 6.45) is -0.335. The number of fused-ring (bicyclic) bond motifs is 6. The molecular weight excluding hydrogens is 783 g/mol. The molecule has 64 heavy (non-hydrogen) atoms. The average molecular weight is 834 g/mol. The second-order valence-electron chi connectivity index (χ2n) is 17.7. The van der Waals surface area contributed by atoms with E-state index in [0.717, 1.165) is 56.5 Å². The van der Waals surface area contributed by atoms with Crippen molar-refractivity contribution < 1.29 is 4.74 Å². The summed E-state index contributed by atoms with van der Waals surface area (Å²) in [6, 6.07) is 67.5. The van der Waals surface area contributed by atoms with Crippen LogP contribution < -0.4 is 19.9 Å².